The normalized spacial score (nSPS) is 19.1. The van der Waals surface area contributed by atoms with Crippen molar-refractivity contribution in [1.29, 1.82) is 0 Å². The third-order valence-corrected chi connectivity index (χ3v) is 7.29. The third-order valence-electron chi connectivity index (χ3n) is 4.38. The highest BCUT2D eigenvalue weighted by Gasteiger charge is 2.30. The van der Waals surface area contributed by atoms with Gasteiger partial charge >= 0.3 is 12.2 Å². The van der Waals surface area contributed by atoms with E-state index in [1.54, 1.807) is 6.92 Å². The van der Waals surface area contributed by atoms with E-state index in [-0.39, 0.29) is 22.6 Å². The summed E-state index contributed by atoms with van der Waals surface area (Å²) in [5.41, 5.74) is -1.41. The number of urea groups is 1. The summed E-state index contributed by atoms with van der Waals surface area (Å²) < 4.78 is 61.0. The summed E-state index contributed by atoms with van der Waals surface area (Å²) in [5, 5.41) is 12.9. The fourth-order valence-electron chi connectivity index (χ4n) is 2.72. The summed E-state index contributed by atoms with van der Waals surface area (Å²) in [5.74, 6) is 0.385. The van der Waals surface area contributed by atoms with E-state index in [0.29, 0.717) is 6.42 Å². The lowest BCUT2D eigenvalue weighted by Gasteiger charge is -2.13. The number of azo groups is 1. The van der Waals surface area contributed by atoms with Crippen LogP contribution in [0.15, 0.2) is 34.5 Å². The van der Waals surface area contributed by atoms with Gasteiger partial charge in [0.15, 0.2) is 5.50 Å². The molecule has 0 fully saturated rings. The molecule has 30 heavy (non-hydrogen) atoms. The quantitative estimate of drug-likeness (QED) is 0.473. The van der Waals surface area contributed by atoms with Crippen molar-refractivity contribution in [2.45, 2.75) is 56.1 Å². The Morgan fingerprint density at radius 1 is 1.17 bits per heavy atom. The number of benzene rings is 1. The molecule has 1 aromatic carbocycles. The molecule has 0 unspecified atom stereocenters. The van der Waals surface area contributed by atoms with Crippen LogP contribution < -0.4 is 10.6 Å². The smallest absolute Gasteiger partial charge is 0.308 e. The predicted molar refractivity (Wildman–Crippen MR) is 111 cm³/mol. The van der Waals surface area contributed by atoms with Gasteiger partial charge in [0.1, 0.15) is 15.2 Å². The van der Waals surface area contributed by atoms with Crippen LogP contribution in [0.1, 0.15) is 44.6 Å². The minimum absolute atomic E-state index is 0.0314. The first-order valence-electron chi connectivity index (χ1n) is 9.59. The molecule has 0 bridgehead atoms. The van der Waals surface area contributed by atoms with E-state index in [2.05, 4.69) is 20.9 Å². The average molecular weight is 467 g/mol. The predicted octanol–water partition coefficient (Wildman–Crippen LogP) is 5.02. The number of nitrogens with one attached hydrogen (secondary N) is 2. The molecule has 12 heteroatoms. The number of alkyl halides is 3. The number of halogens is 3. The van der Waals surface area contributed by atoms with Gasteiger partial charge in [-0.05, 0) is 31.0 Å². The van der Waals surface area contributed by atoms with E-state index in [9.17, 15) is 26.4 Å². The first-order chi connectivity index (χ1) is 14.1. The second-order valence-electron chi connectivity index (χ2n) is 6.79. The number of hydrogen-bond acceptors (Lipinski definition) is 6. The molecule has 1 aliphatic rings. The molecule has 2 rings (SSSR count). The molecule has 1 aliphatic heterocycles. The summed E-state index contributed by atoms with van der Waals surface area (Å²) in [7, 11) is -2.91. The lowest BCUT2D eigenvalue weighted by Crippen LogP contribution is -2.34. The maximum absolute atomic E-state index is 12.7. The van der Waals surface area contributed by atoms with Crippen LogP contribution in [0.2, 0.25) is 0 Å². The second-order valence-corrected chi connectivity index (χ2v) is 10.5. The fraction of sp³-hybridized carbons (Fsp3) is 0.611. The molecule has 0 saturated carbocycles. The first kappa shape index (κ1) is 24.4. The molecule has 0 saturated heterocycles. The number of rotatable bonds is 10. The molecule has 1 aromatic rings. The van der Waals surface area contributed by atoms with Gasteiger partial charge in [-0.15, -0.1) is 0 Å². The van der Waals surface area contributed by atoms with Crippen LogP contribution in [-0.2, 0) is 16.0 Å². The molecule has 0 radical (unpaired) electrons. The van der Waals surface area contributed by atoms with Gasteiger partial charge in [0.2, 0.25) is 0 Å². The summed E-state index contributed by atoms with van der Waals surface area (Å²) >= 11 is 1.35. The van der Waals surface area contributed by atoms with Crippen LogP contribution >= 0.6 is 11.8 Å². The third kappa shape index (κ3) is 8.50. The van der Waals surface area contributed by atoms with Gasteiger partial charge in [0, 0.05) is 11.4 Å². The standard InChI is InChI=1S/C18H25F3N4O3S2/c1-2-30(27,28)11-6-4-3-5-10-15-24-25-17(29-15)23-16(26)22-14-9-7-8-13(12-14)18(19,20)21/h7-9,12,15,17H,2-6,10-11H2,1H3,(H2,22,23,26)/t15-,17-/m1/s1. The Morgan fingerprint density at radius 2 is 1.90 bits per heavy atom. The lowest BCUT2D eigenvalue weighted by atomic mass is 10.1. The summed E-state index contributed by atoms with van der Waals surface area (Å²) in [6.07, 6.45) is -0.501. The van der Waals surface area contributed by atoms with Gasteiger partial charge in [-0.2, -0.15) is 23.4 Å². The number of carbonyl (C=O) groups is 1. The van der Waals surface area contributed by atoms with Crippen LogP contribution in [0, 0.1) is 0 Å². The second kappa shape index (κ2) is 11.0. The maximum atomic E-state index is 12.7. The fourth-order valence-corrected chi connectivity index (χ4v) is 4.64. The molecular formula is C18H25F3N4O3S2. The number of thioether (sulfide) groups is 1. The highest BCUT2D eigenvalue weighted by molar-refractivity contribution is 8.00. The van der Waals surface area contributed by atoms with E-state index >= 15 is 0 Å². The van der Waals surface area contributed by atoms with Crippen LogP contribution in [0.3, 0.4) is 0 Å². The van der Waals surface area contributed by atoms with Crippen LogP contribution in [-0.4, -0.2) is 36.8 Å². The Labute approximate surface area is 178 Å². The Balaban J connectivity index is 1.65. The van der Waals surface area contributed by atoms with Gasteiger partial charge in [0.05, 0.1) is 11.3 Å². The van der Waals surface area contributed by atoms with Crippen LogP contribution in [0.4, 0.5) is 23.7 Å². The van der Waals surface area contributed by atoms with E-state index in [1.807, 2.05) is 0 Å². The van der Waals surface area contributed by atoms with Crippen molar-refractivity contribution in [1.82, 2.24) is 5.32 Å². The van der Waals surface area contributed by atoms with Gasteiger partial charge < -0.3 is 10.6 Å². The van der Waals surface area contributed by atoms with E-state index in [1.165, 1.54) is 23.9 Å². The average Bonchev–Trinajstić information content (AvgIpc) is 3.11. The minimum atomic E-state index is -4.48. The van der Waals surface area contributed by atoms with E-state index in [4.69, 9.17) is 0 Å². The van der Waals surface area contributed by atoms with Gasteiger partial charge in [-0.3, -0.25) is 0 Å². The minimum Gasteiger partial charge on any atom is -0.308 e. The van der Waals surface area contributed by atoms with Crippen molar-refractivity contribution in [2.75, 3.05) is 16.8 Å². The SMILES string of the molecule is CCS(=O)(=O)CCCCCC[C@@H]1N=N[C@@H](NC(=O)Nc2cccc(C(F)(F)F)c2)S1. The maximum Gasteiger partial charge on any atom is 0.416 e. The number of amides is 2. The number of unbranched alkanes of at least 4 members (excludes halogenated alkanes) is 3. The zero-order valence-corrected chi connectivity index (χ0v) is 18.1. The van der Waals surface area contributed by atoms with E-state index < -0.39 is 33.1 Å². The number of hydrogen-bond donors (Lipinski definition) is 2. The molecule has 0 aromatic heterocycles. The van der Waals surface area contributed by atoms with Gasteiger partial charge in [0.25, 0.3) is 0 Å². The molecule has 0 aliphatic carbocycles. The summed E-state index contributed by atoms with van der Waals surface area (Å²) in [4.78, 5) is 12.0. The van der Waals surface area contributed by atoms with Crippen molar-refractivity contribution in [2.24, 2.45) is 10.2 Å². The molecule has 2 N–H and O–H groups in total. The molecule has 2 atom stereocenters. The Bertz CT molecular complexity index is 847. The Kier molecular flexibility index (Phi) is 8.95. The van der Waals surface area contributed by atoms with Crippen molar-refractivity contribution in [3.8, 4) is 0 Å². The highest BCUT2D eigenvalue weighted by atomic mass is 32.2. The summed E-state index contributed by atoms with van der Waals surface area (Å²) in [6, 6.07) is 3.71. The molecule has 0 spiro atoms. The number of carbonyl (C=O) groups excluding carboxylic acids is 1. The zero-order valence-electron chi connectivity index (χ0n) is 16.5. The molecule has 7 nitrogen and oxygen atoms in total. The van der Waals surface area contributed by atoms with Crippen molar-refractivity contribution in [3.05, 3.63) is 29.8 Å². The molecule has 168 valence electrons. The van der Waals surface area contributed by atoms with Crippen LogP contribution in [0.25, 0.3) is 0 Å². The summed E-state index contributed by atoms with van der Waals surface area (Å²) in [6.45, 7) is 1.64. The number of sulfone groups is 1. The monoisotopic (exact) mass is 466 g/mol. The van der Waals surface area contributed by atoms with Gasteiger partial charge in [-0.25, -0.2) is 13.2 Å². The topological polar surface area (TPSA) is 100.0 Å². The first-order valence-corrected chi connectivity index (χ1v) is 12.4. The van der Waals surface area contributed by atoms with Crippen molar-refractivity contribution < 1.29 is 26.4 Å². The molecule has 1 heterocycles. The van der Waals surface area contributed by atoms with E-state index in [0.717, 1.165) is 37.8 Å². The number of nitrogens with zero attached hydrogens (tertiary/aromatic N) is 2. The van der Waals surface area contributed by atoms with Crippen molar-refractivity contribution >= 4 is 33.3 Å². The Morgan fingerprint density at radius 3 is 2.60 bits per heavy atom. The molecule has 2 amide bonds. The Hall–Kier alpha value is -1.82. The van der Waals surface area contributed by atoms with Gasteiger partial charge in [-0.1, -0.05) is 44.0 Å². The van der Waals surface area contributed by atoms with Crippen molar-refractivity contribution in [3.63, 3.8) is 0 Å². The largest absolute Gasteiger partial charge is 0.416 e. The highest BCUT2D eigenvalue weighted by Crippen LogP contribution is 2.31. The zero-order chi connectivity index (χ0) is 22.2. The van der Waals surface area contributed by atoms with Crippen LogP contribution in [0.5, 0.6) is 0 Å². The molecular weight excluding hydrogens is 441 g/mol. The lowest BCUT2D eigenvalue weighted by molar-refractivity contribution is -0.137. The number of anilines is 1.